The van der Waals surface area contributed by atoms with Gasteiger partial charge in [0.1, 0.15) is 11.3 Å². The maximum absolute atomic E-state index is 8.93. The Labute approximate surface area is 107 Å². The molecule has 0 amide bonds. The van der Waals surface area contributed by atoms with Gasteiger partial charge in [-0.2, -0.15) is 5.26 Å². The highest BCUT2D eigenvalue weighted by Crippen LogP contribution is 2.29. The van der Waals surface area contributed by atoms with Gasteiger partial charge >= 0.3 is 0 Å². The van der Waals surface area contributed by atoms with Gasteiger partial charge in [-0.05, 0) is 23.6 Å². The lowest BCUT2D eigenvalue weighted by molar-refractivity contribution is 0.418. The lowest BCUT2D eigenvalue weighted by atomic mass is 10.0. The molecule has 0 radical (unpaired) electrons. The van der Waals surface area contributed by atoms with Crippen LogP contribution in [0.5, 0.6) is 5.75 Å². The van der Waals surface area contributed by atoms with Crippen LogP contribution in [0, 0.1) is 11.3 Å². The second kappa shape index (κ2) is 5.05. The summed E-state index contributed by atoms with van der Waals surface area (Å²) in [7, 11) is 1.64. The summed E-state index contributed by atoms with van der Waals surface area (Å²) in [5.41, 5.74) is 2.86. The van der Waals surface area contributed by atoms with Crippen LogP contribution < -0.4 is 4.74 Å². The molecule has 18 heavy (non-hydrogen) atoms. The molecule has 0 saturated heterocycles. The number of hydrogen-bond donors (Lipinski definition) is 0. The molecule has 3 heteroatoms. The summed E-state index contributed by atoms with van der Waals surface area (Å²) < 4.78 is 5.35. The molecular weight excluding hydrogens is 224 g/mol. The zero-order chi connectivity index (χ0) is 13.1. The Morgan fingerprint density at radius 3 is 2.78 bits per heavy atom. The molecule has 92 valence electrons. The Bertz CT molecular complexity index is 612. The van der Waals surface area contributed by atoms with E-state index in [0.29, 0.717) is 12.3 Å². The summed E-state index contributed by atoms with van der Waals surface area (Å²) in [5, 5.41) is 9.93. The molecule has 2 rings (SSSR count). The third-order valence-electron chi connectivity index (χ3n) is 2.99. The van der Waals surface area contributed by atoms with Crippen molar-refractivity contribution < 1.29 is 4.74 Å². The van der Waals surface area contributed by atoms with Crippen molar-refractivity contribution in [1.82, 2.24) is 4.98 Å². The Morgan fingerprint density at radius 1 is 1.39 bits per heavy atom. The highest BCUT2D eigenvalue weighted by atomic mass is 16.5. The van der Waals surface area contributed by atoms with Crippen LogP contribution in [0.4, 0.5) is 0 Å². The first-order valence-electron chi connectivity index (χ1n) is 6.01. The van der Waals surface area contributed by atoms with E-state index in [1.54, 1.807) is 7.11 Å². The van der Waals surface area contributed by atoms with Crippen molar-refractivity contribution in [3.05, 3.63) is 35.5 Å². The third kappa shape index (κ3) is 2.14. The highest BCUT2D eigenvalue weighted by molar-refractivity contribution is 5.87. The summed E-state index contributed by atoms with van der Waals surface area (Å²) in [6.07, 6.45) is 0.395. The van der Waals surface area contributed by atoms with Gasteiger partial charge in [0.2, 0.25) is 0 Å². The number of methoxy groups -OCH3 is 1. The predicted molar refractivity (Wildman–Crippen MR) is 71.7 cm³/mol. The van der Waals surface area contributed by atoms with Crippen molar-refractivity contribution in [2.75, 3.05) is 7.11 Å². The first-order chi connectivity index (χ1) is 8.67. The Balaban J connectivity index is 2.77. The van der Waals surface area contributed by atoms with Crippen molar-refractivity contribution in [2.45, 2.75) is 26.2 Å². The standard InChI is InChI=1S/C15H16N2O/c1-10(2)13-9-11(7-8-16)12-5-4-6-14(18-3)15(12)17-13/h4-6,9-10H,7H2,1-3H3. The van der Waals surface area contributed by atoms with E-state index in [1.807, 2.05) is 24.3 Å². The minimum Gasteiger partial charge on any atom is -0.494 e. The van der Waals surface area contributed by atoms with Gasteiger partial charge in [0.05, 0.1) is 19.6 Å². The molecule has 0 unspecified atom stereocenters. The molecule has 0 saturated carbocycles. The number of benzene rings is 1. The molecule has 0 atom stereocenters. The molecule has 2 aromatic rings. The fourth-order valence-corrected chi connectivity index (χ4v) is 2.01. The Kier molecular flexibility index (Phi) is 3.47. The number of para-hydroxylation sites is 1. The minimum atomic E-state index is 0.330. The largest absolute Gasteiger partial charge is 0.494 e. The van der Waals surface area contributed by atoms with Crippen molar-refractivity contribution in [2.24, 2.45) is 0 Å². The van der Waals surface area contributed by atoms with Gasteiger partial charge in [0, 0.05) is 11.1 Å². The number of fused-ring (bicyclic) bond motifs is 1. The first-order valence-corrected chi connectivity index (χ1v) is 6.01. The fourth-order valence-electron chi connectivity index (χ4n) is 2.01. The average Bonchev–Trinajstić information content (AvgIpc) is 2.38. The predicted octanol–water partition coefficient (Wildman–Crippen LogP) is 3.43. The average molecular weight is 240 g/mol. The maximum Gasteiger partial charge on any atom is 0.145 e. The van der Waals surface area contributed by atoms with E-state index in [9.17, 15) is 0 Å². The summed E-state index contributed by atoms with van der Waals surface area (Å²) in [6, 6.07) is 10.1. The van der Waals surface area contributed by atoms with Crippen LogP contribution in [-0.4, -0.2) is 12.1 Å². The van der Waals surface area contributed by atoms with Crippen LogP contribution in [-0.2, 0) is 6.42 Å². The van der Waals surface area contributed by atoms with Gasteiger partial charge in [-0.25, -0.2) is 4.98 Å². The number of nitriles is 1. The quantitative estimate of drug-likeness (QED) is 0.825. The van der Waals surface area contributed by atoms with Gasteiger partial charge in [-0.1, -0.05) is 26.0 Å². The molecule has 0 N–H and O–H groups in total. The lowest BCUT2D eigenvalue weighted by Crippen LogP contribution is -1.98. The highest BCUT2D eigenvalue weighted by Gasteiger charge is 2.11. The molecule has 1 aromatic heterocycles. The smallest absolute Gasteiger partial charge is 0.145 e. The minimum absolute atomic E-state index is 0.330. The van der Waals surface area contributed by atoms with Crippen molar-refractivity contribution in [3.63, 3.8) is 0 Å². The van der Waals surface area contributed by atoms with Gasteiger partial charge < -0.3 is 4.74 Å². The van der Waals surface area contributed by atoms with E-state index in [-0.39, 0.29) is 0 Å². The van der Waals surface area contributed by atoms with E-state index in [2.05, 4.69) is 24.9 Å². The molecule has 0 spiro atoms. The second-order valence-electron chi connectivity index (χ2n) is 4.55. The second-order valence-corrected chi connectivity index (χ2v) is 4.55. The van der Waals surface area contributed by atoms with E-state index in [0.717, 1.165) is 27.9 Å². The fraction of sp³-hybridized carbons (Fsp3) is 0.333. The maximum atomic E-state index is 8.93. The molecule has 0 fully saturated rings. The monoisotopic (exact) mass is 240 g/mol. The van der Waals surface area contributed by atoms with Crippen LogP contribution in [0.2, 0.25) is 0 Å². The van der Waals surface area contributed by atoms with Crippen LogP contribution in [0.1, 0.15) is 31.0 Å². The summed E-state index contributed by atoms with van der Waals surface area (Å²) in [6.45, 7) is 4.19. The first kappa shape index (κ1) is 12.4. The summed E-state index contributed by atoms with van der Waals surface area (Å²) in [5.74, 6) is 1.09. The SMILES string of the molecule is COc1cccc2c(CC#N)cc(C(C)C)nc12. The van der Waals surface area contributed by atoms with Crippen molar-refractivity contribution >= 4 is 10.9 Å². The van der Waals surface area contributed by atoms with E-state index >= 15 is 0 Å². The Hall–Kier alpha value is -2.08. The number of nitrogens with zero attached hydrogens (tertiary/aromatic N) is 2. The molecule has 0 aliphatic rings. The number of pyridine rings is 1. The zero-order valence-corrected chi connectivity index (χ0v) is 10.9. The van der Waals surface area contributed by atoms with Gasteiger partial charge in [0.15, 0.2) is 0 Å². The van der Waals surface area contributed by atoms with Crippen LogP contribution >= 0.6 is 0 Å². The lowest BCUT2D eigenvalue weighted by Gasteiger charge is -2.12. The molecule has 1 aromatic carbocycles. The molecule has 3 nitrogen and oxygen atoms in total. The van der Waals surface area contributed by atoms with Gasteiger partial charge in [0.25, 0.3) is 0 Å². The normalized spacial score (nSPS) is 10.6. The Morgan fingerprint density at radius 2 is 2.17 bits per heavy atom. The molecule has 0 bridgehead atoms. The number of aromatic nitrogens is 1. The van der Waals surface area contributed by atoms with Crippen LogP contribution in [0.15, 0.2) is 24.3 Å². The third-order valence-corrected chi connectivity index (χ3v) is 2.99. The van der Waals surface area contributed by atoms with E-state index < -0.39 is 0 Å². The number of ether oxygens (including phenoxy) is 1. The van der Waals surface area contributed by atoms with E-state index in [1.165, 1.54) is 0 Å². The van der Waals surface area contributed by atoms with Crippen LogP contribution in [0.25, 0.3) is 10.9 Å². The van der Waals surface area contributed by atoms with Crippen LogP contribution in [0.3, 0.4) is 0 Å². The van der Waals surface area contributed by atoms with E-state index in [4.69, 9.17) is 10.00 Å². The molecule has 0 aliphatic carbocycles. The van der Waals surface area contributed by atoms with Gasteiger partial charge in [-0.3, -0.25) is 0 Å². The number of hydrogen-bond acceptors (Lipinski definition) is 3. The molecule has 0 aliphatic heterocycles. The molecule has 1 heterocycles. The van der Waals surface area contributed by atoms with Gasteiger partial charge in [-0.15, -0.1) is 0 Å². The molecular formula is C15H16N2O. The number of rotatable bonds is 3. The topological polar surface area (TPSA) is 45.9 Å². The zero-order valence-electron chi connectivity index (χ0n) is 10.9. The van der Waals surface area contributed by atoms with Crippen molar-refractivity contribution in [1.29, 1.82) is 5.26 Å². The van der Waals surface area contributed by atoms with Crippen molar-refractivity contribution in [3.8, 4) is 11.8 Å². The summed E-state index contributed by atoms with van der Waals surface area (Å²) >= 11 is 0. The summed E-state index contributed by atoms with van der Waals surface area (Å²) in [4.78, 5) is 4.65.